The molecule has 3 rings (SSSR count). The molecule has 110 valence electrons. The molecule has 0 saturated heterocycles. The SMILES string of the molecule is Cc1cc(C(C)NCc2[nH]c3ccccc3c2Cl)c(C)o1. The number of furan rings is 1. The summed E-state index contributed by atoms with van der Waals surface area (Å²) in [7, 11) is 0. The number of halogens is 1. The fourth-order valence-corrected chi connectivity index (χ4v) is 3.01. The van der Waals surface area contributed by atoms with Gasteiger partial charge in [0, 0.05) is 34.7 Å². The maximum atomic E-state index is 6.43. The third kappa shape index (κ3) is 2.71. The Hall–Kier alpha value is -1.71. The largest absolute Gasteiger partial charge is 0.466 e. The van der Waals surface area contributed by atoms with E-state index in [1.54, 1.807) is 0 Å². The van der Waals surface area contributed by atoms with Crippen molar-refractivity contribution in [1.29, 1.82) is 0 Å². The molecule has 3 aromatic rings. The summed E-state index contributed by atoms with van der Waals surface area (Å²) in [6.07, 6.45) is 0. The van der Waals surface area contributed by atoms with Crippen LogP contribution in [-0.4, -0.2) is 4.98 Å². The smallest absolute Gasteiger partial charge is 0.105 e. The minimum absolute atomic E-state index is 0.213. The Kier molecular flexibility index (Phi) is 3.79. The number of benzene rings is 1. The van der Waals surface area contributed by atoms with E-state index in [1.807, 2.05) is 38.1 Å². The van der Waals surface area contributed by atoms with Crippen molar-refractivity contribution in [3.63, 3.8) is 0 Å². The molecule has 0 fully saturated rings. The lowest BCUT2D eigenvalue weighted by molar-refractivity contribution is 0.489. The van der Waals surface area contributed by atoms with Crippen LogP contribution in [0.2, 0.25) is 5.02 Å². The quantitative estimate of drug-likeness (QED) is 0.721. The molecule has 2 N–H and O–H groups in total. The van der Waals surface area contributed by atoms with Crippen LogP contribution in [0.5, 0.6) is 0 Å². The second-order valence-electron chi connectivity index (χ2n) is 5.43. The number of hydrogen-bond acceptors (Lipinski definition) is 2. The van der Waals surface area contributed by atoms with Crippen molar-refractivity contribution in [3.05, 3.63) is 58.1 Å². The van der Waals surface area contributed by atoms with Crippen LogP contribution in [0.4, 0.5) is 0 Å². The molecule has 2 heterocycles. The van der Waals surface area contributed by atoms with Crippen LogP contribution in [-0.2, 0) is 6.54 Å². The molecule has 0 saturated carbocycles. The second-order valence-corrected chi connectivity index (χ2v) is 5.81. The molecule has 0 aliphatic carbocycles. The van der Waals surface area contributed by atoms with Gasteiger partial charge in [-0.05, 0) is 32.9 Å². The van der Waals surface area contributed by atoms with Crippen LogP contribution >= 0.6 is 11.6 Å². The normalized spacial score (nSPS) is 13.0. The lowest BCUT2D eigenvalue weighted by atomic mass is 10.1. The van der Waals surface area contributed by atoms with E-state index in [4.69, 9.17) is 16.0 Å². The van der Waals surface area contributed by atoms with Crippen molar-refractivity contribution in [2.24, 2.45) is 0 Å². The molecular formula is C17H19ClN2O. The van der Waals surface area contributed by atoms with Gasteiger partial charge in [-0.3, -0.25) is 0 Å². The van der Waals surface area contributed by atoms with E-state index in [-0.39, 0.29) is 6.04 Å². The molecule has 0 bridgehead atoms. The van der Waals surface area contributed by atoms with Crippen molar-refractivity contribution in [2.75, 3.05) is 0 Å². The van der Waals surface area contributed by atoms with Gasteiger partial charge in [0.2, 0.25) is 0 Å². The number of aromatic nitrogens is 1. The van der Waals surface area contributed by atoms with Gasteiger partial charge in [0.15, 0.2) is 0 Å². The summed E-state index contributed by atoms with van der Waals surface area (Å²) in [6.45, 7) is 6.79. The van der Waals surface area contributed by atoms with E-state index in [0.717, 1.165) is 33.1 Å². The molecular weight excluding hydrogens is 284 g/mol. The van der Waals surface area contributed by atoms with Crippen LogP contribution in [0.3, 0.4) is 0 Å². The van der Waals surface area contributed by atoms with Crippen molar-refractivity contribution >= 4 is 22.5 Å². The number of aryl methyl sites for hydroxylation is 2. The highest BCUT2D eigenvalue weighted by Crippen LogP contribution is 2.28. The van der Waals surface area contributed by atoms with Gasteiger partial charge in [0.1, 0.15) is 11.5 Å². The van der Waals surface area contributed by atoms with Crippen LogP contribution < -0.4 is 5.32 Å². The van der Waals surface area contributed by atoms with Crippen LogP contribution in [0.1, 0.15) is 35.7 Å². The van der Waals surface area contributed by atoms with Crippen LogP contribution in [0.15, 0.2) is 34.7 Å². The predicted molar refractivity (Wildman–Crippen MR) is 86.7 cm³/mol. The van der Waals surface area contributed by atoms with Gasteiger partial charge >= 0.3 is 0 Å². The van der Waals surface area contributed by atoms with Gasteiger partial charge in [-0.2, -0.15) is 0 Å². The van der Waals surface area contributed by atoms with E-state index < -0.39 is 0 Å². The minimum Gasteiger partial charge on any atom is -0.466 e. The first kappa shape index (κ1) is 14.2. The number of para-hydroxylation sites is 1. The minimum atomic E-state index is 0.213. The van der Waals surface area contributed by atoms with E-state index in [1.165, 1.54) is 5.56 Å². The fraction of sp³-hybridized carbons (Fsp3) is 0.294. The molecule has 0 spiro atoms. The van der Waals surface area contributed by atoms with Crippen molar-refractivity contribution < 1.29 is 4.42 Å². The third-order valence-corrected chi connectivity index (χ3v) is 4.28. The molecule has 3 nitrogen and oxygen atoms in total. The predicted octanol–water partition coefficient (Wildman–Crippen LogP) is 4.88. The molecule has 1 unspecified atom stereocenters. The summed E-state index contributed by atoms with van der Waals surface area (Å²) in [5.41, 5.74) is 3.28. The molecule has 0 aliphatic rings. The molecule has 0 amide bonds. The number of rotatable bonds is 4. The molecule has 1 aromatic carbocycles. The zero-order valence-electron chi connectivity index (χ0n) is 12.5. The summed E-state index contributed by atoms with van der Waals surface area (Å²) in [5, 5.41) is 5.36. The lowest BCUT2D eigenvalue weighted by Gasteiger charge is -2.12. The standard InChI is InChI=1S/C17H19ClN2O/c1-10-8-14(12(3)21-10)11(2)19-9-16-17(18)13-6-4-5-7-15(13)20-16/h4-8,11,19-20H,9H2,1-3H3. The first-order valence-corrected chi connectivity index (χ1v) is 7.49. The van der Waals surface area contributed by atoms with Gasteiger partial charge in [0.25, 0.3) is 0 Å². The Morgan fingerprint density at radius 1 is 1.29 bits per heavy atom. The zero-order chi connectivity index (χ0) is 15.0. The summed E-state index contributed by atoms with van der Waals surface area (Å²) in [5.74, 6) is 1.91. The summed E-state index contributed by atoms with van der Waals surface area (Å²) in [4.78, 5) is 3.37. The van der Waals surface area contributed by atoms with Crippen molar-refractivity contribution in [3.8, 4) is 0 Å². The average molecular weight is 303 g/mol. The summed E-state index contributed by atoms with van der Waals surface area (Å²) >= 11 is 6.43. The summed E-state index contributed by atoms with van der Waals surface area (Å²) < 4.78 is 5.59. The molecule has 0 aliphatic heterocycles. The van der Waals surface area contributed by atoms with Gasteiger partial charge < -0.3 is 14.7 Å². The molecule has 1 atom stereocenters. The Labute approximate surface area is 129 Å². The highest BCUT2D eigenvalue weighted by Gasteiger charge is 2.14. The lowest BCUT2D eigenvalue weighted by Crippen LogP contribution is -2.18. The highest BCUT2D eigenvalue weighted by atomic mass is 35.5. The zero-order valence-corrected chi connectivity index (χ0v) is 13.2. The number of H-pyrrole nitrogens is 1. The van der Waals surface area contributed by atoms with Gasteiger partial charge in [-0.15, -0.1) is 0 Å². The number of aromatic amines is 1. The van der Waals surface area contributed by atoms with E-state index in [9.17, 15) is 0 Å². The maximum Gasteiger partial charge on any atom is 0.105 e. The van der Waals surface area contributed by atoms with E-state index in [2.05, 4.69) is 23.3 Å². The molecule has 2 aromatic heterocycles. The van der Waals surface area contributed by atoms with Gasteiger partial charge in [-0.1, -0.05) is 29.8 Å². The number of nitrogens with one attached hydrogen (secondary N) is 2. The molecule has 0 radical (unpaired) electrons. The fourth-order valence-electron chi connectivity index (χ4n) is 2.73. The van der Waals surface area contributed by atoms with Crippen molar-refractivity contribution in [2.45, 2.75) is 33.4 Å². The topological polar surface area (TPSA) is 41.0 Å². The van der Waals surface area contributed by atoms with Gasteiger partial charge in [-0.25, -0.2) is 0 Å². The van der Waals surface area contributed by atoms with Crippen LogP contribution in [0.25, 0.3) is 10.9 Å². The molecule has 4 heteroatoms. The second kappa shape index (κ2) is 5.58. The van der Waals surface area contributed by atoms with E-state index >= 15 is 0 Å². The van der Waals surface area contributed by atoms with Gasteiger partial charge in [0.05, 0.1) is 5.02 Å². The Balaban J connectivity index is 1.77. The first-order chi connectivity index (χ1) is 10.1. The average Bonchev–Trinajstić information content (AvgIpc) is 2.97. The third-order valence-electron chi connectivity index (χ3n) is 3.84. The van der Waals surface area contributed by atoms with E-state index in [0.29, 0.717) is 6.54 Å². The van der Waals surface area contributed by atoms with Crippen LogP contribution in [0, 0.1) is 13.8 Å². The Morgan fingerprint density at radius 3 is 2.71 bits per heavy atom. The Bertz CT molecular complexity index is 772. The number of hydrogen-bond donors (Lipinski definition) is 2. The highest BCUT2D eigenvalue weighted by molar-refractivity contribution is 6.36. The monoisotopic (exact) mass is 302 g/mol. The molecule has 21 heavy (non-hydrogen) atoms. The first-order valence-electron chi connectivity index (χ1n) is 7.11. The maximum absolute atomic E-state index is 6.43. The summed E-state index contributed by atoms with van der Waals surface area (Å²) in [6, 6.07) is 10.4. The van der Waals surface area contributed by atoms with Crippen molar-refractivity contribution in [1.82, 2.24) is 10.3 Å². The number of fused-ring (bicyclic) bond motifs is 1. The Morgan fingerprint density at radius 2 is 2.05 bits per heavy atom.